The number of hydrogen-bond donors (Lipinski definition) is 2. The average Bonchev–Trinajstić information content (AvgIpc) is 3.49. The molecule has 0 saturated carbocycles. The third-order valence-electron chi connectivity index (χ3n) is 8.11. The normalized spacial score (nSPS) is 14.8. The van der Waals surface area contributed by atoms with Crippen LogP contribution in [0.2, 0.25) is 0 Å². The fourth-order valence-electron chi connectivity index (χ4n) is 5.81. The number of halogens is 1. The number of benzene rings is 4. The minimum Gasteiger partial charge on any atom is -0.494 e. The van der Waals surface area contributed by atoms with Crippen LogP contribution in [0.5, 0.6) is 5.88 Å². The summed E-state index contributed by atoms with van der Waals surface area (Å²) < 4.78 is 43.8. The Kier molecular flexibility index (Phi) is 7.71. The minimum atomic E-state index is -4.23. The number of hydrogen-bond acceptors (Lipinski definition) is 7. The van der Waals surface area contributed by atoms with Crippen LogP contribution in [0.4, 0.5) is 15.2 Å². The molecule has 0 saturated heterocycles. The van der Waals surface area contributed by atoms with E-state index in [1.54, 1.807) is 24.3 Å². The van der Waals surface area contributed by atoms with Gasteiger partial charge in [0.2, 0.25) is 11.0 Å². The van der Waals surface area contributed by atoms with Gasteiger partial charge in [-0.1, -0.05) is 78.1 Å². The van der Waals surface area contributed by atoms with Gasteiger partial charge in [-0.3, -0.25) is 9.52 Å². The molecular formula is C35H27FN4O4S2. The number of thiazole rings is 1. The molecule has 2 heterocycles. The quantitative estimate of drug-likeness (QED) is 0.179. The number of pyridine rings is 1. The summed E-state index contributed by atoms with van der Waals surface area (Å²) >= 11 is 1.51. The smallest absolute Gasteiger partial charge is 0.265 e. The largest absolute Gasteiger partial charge is 0.494 e. The summed E-state index contributed by atoms with van der Waals surface area (Å²) in [4.78, 5) is 24.0. The van der Waals surface area contributed by atoms with E-state index in [-0.39, 0.29) is 21.8 Å². The van der Waals surface area contributed by atoms with E-state index in [9.17, 15) is 22.7 Å². The molecule has 6 aromatic rings. The Morgan fingerprint density at radius 3 is 2.50 bits per heavy atom. The summed E-state index contributed by atoms with van der Waals surface area (Å²) in [7, 11) is -4.23. The molecule has 46 heavy (non-hydrogen) atoms. The summed E-state index contributed by atoms with van der Waals surface area (Å²) in [6, 6.07) is 28.2. The number of nitrogens with zero attached hydrogens (tertiary/aromatic N) is 3. The number of fused-ring (bicyclic) bond motifs is 2. The van der Waals surface area contributed by atoms with Gasteiger partial charge in [0.25, 0.3) is 15.6 Å². The Labute approximate surface area is 268 Å². The topological polar surface area (TPSA) is 114 Å². The first kappa shape index (κ1) is 29.6. The summed E-state index contributed by atoms with van der Waals surface area (Å²) in [5, 5.41) is 12.9. The number of rotatable bonds is 7. The Balaban J connectivity index is 1.25. The first-order valence-electron chi connectivity index (χ1n) is 14.6. The van der Waals surface area contributed by atoms with Crippen LogP contribution in [0.1, 0.15) is 34.0 Å². The monoisotopic (exact) mass is 650 g/mol. The Bertz CT molecular complexity index is 2300. The molecule has 1 unspecified atom stereocenters. The van der Waals surface area contributed by atoms with E-state index in [2.05, 4.69) is 34.0 Å². The van der Waals surface area contributed by atoms with Crippen LogP contribution in [0.25, 0.3) is 16.5 Å². The molecule has 0 fully saturated rings. The summed E-state index contributed by atoms with van der Waals surface area (Å²) in [6.07, 6.45) is 4.24. The van der Waals surface area contributed by atoms with Crippen molar-refractivity contribution in [3.05, 3.63) is 141 Å². The maximum atomic E-state index is 14.2. The zero-order valence-corrected chi connectivity index (χ0v) is 25.9. The molecule has 230 valence electrons. The highest BCUT2D eigenvalue weighted by molar-refractivity contribution is 7.92. The molecule has 11 heteroatoms. The molecule has 1 aliphatic rings. The van der Waals surface area contributed by atoms with Gasteiger partial charge in [0.15, 0.2) is 0 Å². The molecule has 0 spiro atoms. The molecule has 4 aromatic carbocycles. The first-order chi connectivity index (χ1) is 22.3. The molecular weight excluding hydrogens is 624 g/mol. The van der Waals surface area contributed by atoms with E-state index in [1.165, 1.54) is 70.5 Å². The lowest BCUT2D eigenvalue weighted by Crippen LogP contribution is -2.21. The SMILES string of the molecule is O=c1c2ccccc2c(/C=N/c2nc3c(s2)CC(c2ccccc2)CC3)c(O)n1-c1cccc(S(=O)(=O)Nc2ccccc2F)c1. The Morgan fingerprint density at radius 1 is 0.957 bits per heavy atom. The van der Waals surface area contributed by atoms with Crippen LogP contribution in [0.3, 0.4) is 0 Å². The number of nitrogens with one attached hydrogen (secondary N) is 1. The highest BCUT2D eigenvalue weighted by atomic mass is 32.2. The van der Waals surface area contributed by atoms with Gasteiger partial charge in [-0.2, -0.15) is 0 Å². The van der Waals surface area contributed by atoms with Crippen molar-refractivity contribution in [2.24, 2.45) is 4.99 Å². The van der Waals surface area contributed by atoms with Crippen molar-refractivity contribution in [1.82, 2.24) is 9.55 Å². The standard InChI is InChI=1S/C35H27FN4O4S2/c36-29-15-6-7-16-30(29)39-46(43,44)25-12-8-11-24(20-25)40-33(41)27-14-5-4-13-26(27)28(34(40)42)21-37-35-38-31-18-17-23(19-32(31)45-35)22-9-2-1-3-10-22/h1-16,20-21,23,39,42H,17-19H2/b37-21+. The second kappa shape index (κ2) is 12.0. The summed E-state index contributed by atoms with van der Waals surface area (Å²) in [6.45, 7) is 0. The molecule has 1 aliphatic carbocycles. The van der Waals surface area contributed by atoms with Gasteiger partial charge in [-0.15, -0.1) is 0 Å². The van der Waals surface area contributed by atoms with Gasteiger partial charge in [-0.25, -0.2) is 27.4 Å². The van der Waals surface area contributed by atoms with E-state index in [0.29, 0.717) is 21.8 Å². The number of para-hydroxylation sites is 1. The van der Waals surface area contributed by atoms with Crippen LogP contribution in [0, 0.1) is 5.82 Å². The number of anilines is 1. The van der Waals surface area contributed by atoms with Crippen molar-refractivity contribution in [3.63, 3.8) is 0 Å². The number of aliphatic imine (C=N–C) groups is 1. The van der Waals surface area contributed by atoms with Crippen LogP contribution >= 0.6 is 11.3 Å². The molecule has 7 rings (SSSR count). The van der Waals surface area contributed by atoms with E-state index in [1.807, 2.05) is 6.07 Å². The first-order valence-corrected chi connectivity index (χ1v) is 16.9. The average molecular weight is 651 g/mol. The second-order valence-electron chi connectivity index (χ2n) is 11.0. The number of aromatic nitrogens is 2. The van der Waals surface area contributed by atoms with Crippen molar-refractivity contribution < 1.29 is 17.9 Å². The molecule has 8 nitrogen and oxygen atoms in total. The van der Waals surface area contributed by atoms with Gasteiger partial charge in [0.05, 0.1) is 27.5 Å². The summed E-state index contributed by atoms with van der Waals surface area (Å²) in [5.74, 6) is -0.717. The van der Waals surface area contributed by atoms with Crippen molar-refractivity contribution in [2.45, 2.75) is 30.1 Å². The second-order valence-corrected chi connectivity index (χ2v) is 13.7. The zero-order valence-electron chi connectivity index (χ0n) is 24.3. The molecule has 0 radical (unpaired) electrons. The highest BCUT2D eigenvalue weighted by Gasteiger charge is 2.24. The maximum Gasteiger partial charge on any atom is 0.265 e. The van der Waals surface area contributed by atoms with Crippen LogP contribution < -0.4 is 10.3 Å². The van der Waals surface area contributed by atoms with Gasteiger partial charge in [-0.05, 0) is 67.1 Å². The fraction of sp³-hybridized carbons (Fsp3) is 0.114. The zero-order chi connectivity index (χ0) is 31.8. The van der Waals surface area contributed by atoms with Gasteiger partial charge in [0, 0.05) is 21.9 Å². The van der Waals surface area contributed by atoms with Gasteiger partial charge < -0.3 is 5.11 Å². The predicted molar refractivity (Wildman–Crippen MR) is 179 cm³/mol. The summed E-state index contributed by atoms with van der Waals surface area (Å²) in [5.41, 5.74) is 1.98. The van der Waals surface area contributed by atoms with Crippen molar-refractivity contribution in [1.29, 1.82) is 0 Å². The molecule has 0 amide bonds. The molecule has 0 aliphatic heterocycles. The van der Waals surface area contributed by atoms with Crippen LogP contribution in [-0.4, -0.2) is 29.3 Å². The molecule has 1 atom stereocenters. The van der Waals surface area contributed by atoms with Crippen molar-refractivity contribution >= 4 is 49.2 Å². The van der Waals surface area contributed by atoms with E-state index in [0.717, 1.165) is 35.6 Å². The van der Waals surface area contributed by atoms with E-state index >= 15 is 0 Å². The van der Waals surface area contributed by atoms with Crippen molar-refractivity contribution in [3.8, 4) is 11.6 Å². The molecule has 0 bridgehead atoms. The molecule has 2 N–H and O–H groups in total. The Morgan fingerprint density at radius 2 is 1.70 bits per heavy atom. The lowest BCUT2D eigenvalue weighted by Gasteiger charge is -2.21. The van der Waals surface area contributed by atoms with Crippen LogP contribution in [-0.2, 0) is 22.9 Å². The van der Waals surface area contributed by atoms with Gasteiger partial charge in [0.1, 0.15) is 5.82 Å². The lowest BCUT2D eigenvalue weighted by atomic mass is 9.85. The third-order valence-corrected chi connectivity index (χ3v) is 10.5. The minimum absolute atomic E-state index is 0.107. The van der Waals surface area contributed by atoms with Crippen molar-refractivity contribution in [2.75, 3.05) is 4.72 Å². The fourth-order valence-corrected chi connectivity index (χ4v) is 7.95. The van der Waals surface area contributed by atoms with Gasteiger partial charge >= 0.3 is 0 Å². The number of aromatic hydroxyl groups is 1. The number of aryl methyl sites for hydroxylation is 1. The predicted octanol–water partition coefficient (Wildman–Crippen LogP) is 7.12. The maximum absolute atomic E-state index is 14.2. The van der Waals surface area contributed by atoms with E-state index < -0.39 is 27.3 Å². The Hall–Kier alpha value is -5.13. The molecule has 2 aromatic heterocycles. The van der Waals surface area contributed by atoms with Crippen LogP contribution in [0.15, 0.2) is 118 Å². The highest BCUT2D eigenvalue weighted by Crippen LogP contribution is 2.38. The third kappa shape index (κ3) is 5.59. The number of sulfonamides is 1. The van der Waals surface area contributed by atoms with E-state index in [4.69, 9.17) is 4.98 Å². The lowest BCUT2D eigenvalue weighted by molar-refractivity contribution is 0.436.